The zero-order chi connectivity index (χ0) is 41.0. The predicted octanol–water partition coefficient (Wildman–Crippen LogP) is 6.19. The number of aliphatic hydroxyl groups excluding tert-OH is 1. The van der Waals surface area contributed by atoms with Crippen LogP contribution < -0.4 is 21.1 Å². The summed E-state index contributed by atoms with van der Waals surface area (Å²) in [7, 11) is 0. The van der Waals surface area contributed by atoms with Crippen LogP contribution in [0.3, 0.4) is 0 Å². The van der Waals surface area contributed by atoms with Crippen molar-refractivity contribution in [3.05, 3.63) is 136 Å². The van der Waals surface area contributed by atoms with Crippen LogP contribution in [0.4, 0.5) is 21.7 Å². The normalized spacial score (nSPS) is 16.2. The topological polar surface area (TPSA) is 152 Å². The third-order valence-electron chi connectivity index (χ3n) is 11.4. The van der Waals surface area contributed by atoms with Gasteiger partial charge in [0.15, 0.2) is 11.5 Å². The number of allylic oxidation sites excluding steroid dienone is 1. The van der Waals surface area contributed by atoms with Crippen LogP contribution in [0.5, 0.6) is 0 Å². The highest BCUT2D eigenvalue weighted by atomic mass is 19.1. The quantitative estimate of drug-likeness (QED) is 0.101. The highest BCUT2D eigenvalue weighted by molar-refractivity contribution is 5.94. The largest absolute Gasteiger partial charge is 0.384 e. The van der Waals surface area contributed by atoms with Crippen molar-refractivity contribution < 1.29 is 14.6 Å². The van der Waals surface area contributed by atoms with Crippen molar-refractivity contribution in [3.8, 4) is 17.1 Å². The number of benzene rings is 3. The Kier molecular flexibility index (Phi) is 9.88. The maximum atomic E-state index is 14.5. The van der Waals surface area contributed by atoms with Gasteiger partial charge in [-0.1, -0.05) is 30.3 Å². The molecule has 302 valence electrons. The molecule has 3 aromatic carbocycles. The maximum absolute atomic E-state index is 14.5. The summed E-state index contributed by atoms with van der Waals surface area (Å²) in [6, 6.07) is 23.0. The van der Waals surface area contributed by atoms with Crippen molar-refractivity contribution >= 4 is 39.3 Å². The van der Waals surface area contributed by atoms with Gasteiger partial charge in [0.2, 0.25) is 5.95 Å². The van der Waals surface area contributed by atoms with E-state index in [0.717, 1.165) is 78.3 Å². The van der Waals surface area contributed by atoms with Gasteiger partial charge in [0.25, 0.3) is 5.56 Å². The van der Waals surface area contributed by atoms with Crippen LogP contribution in [-0.4, -0.2) is 77.1 Å². The number of rotatable bonds is 10. The first-order valence-electron chi connectivity index (χ1n) is 19.9. The molecule has 4 aromatic heterocycles. The summed E-state index contributed by atoms with van der Waals surface area (Å²) in [5, 5.41) is 28.9. The number of nitrogens with zero attached hydrogens (tertiary/aromatic N) is 7. The first kappa shape index (κ1) is 38.3. The van der Waals surface area contributed by atoms with E-state index in [0.29, 0.717) is 46.1 Å². The average molecular weight is 795 g/mol. The minimum Gasteiger partial charge on any atom is -0.384 e. The number of aryl methyl sites for hydroxylation is 1. The second kappa shape index (κ2) is 15.2. The summed E-state index contributed by atoms with van der Waals surface area (Å²) in [5.74, 6) is 0.409. The highest BCUT2D eigenvalue weighted by Gasteiger charge is 2.26. The van der Waals surface area contributed by atoms with E-state index >= 15 is 0 Å². The number of aromatic amines is 1. The fourth-order valence-electron chi connectivity index (χ4n) is 8.44. The Morgan fingerprint density at radius 1 is 1.03 bits per heavy atom. The number of anilines is 3. The lowest BCUT2D eigenvalue weighted by Gasteiger charge is -2.36. The van der Waals surface area contributed by atoms with Crippen molar-refractivity contribution in [2.24, 2.45) is 0 Å². The molecule has 1 fully saturated rings. The van der Waals surface area contributed by atoms with Crippen molar-refractivity contribution in [1.82, 2.24) is 39.5 Å². The lowest BCUT2D eigenvalue weighted by atomic mass is 9.96. The molecule has 0 aliphatic carbocycles. The van der Waals surface area contributed by atoms with Crippen molar-refractivity contribution in [2.75, 3.05) is 42.9 Å². The molecule has 1 saturated heterocycles. The molecule has 2 aliphatic heterocycles. The zero-order valence-corrected chi connectivity index (χ0v) is 33.3. The van der Waals surface area contributed by atoms with E-state index in [-0.39, 0.29) is 17.9 Å². The number of aromatic nitrogens is 6. The first-order valence-corrected chi connectivity index (χ1v) is 19.9. The van der Waals surface area contributed by atoms with E-state index in [1.165, 1.54) is 28.6 Å². The Morgan fingerprint density at radius 2 is 1.83 bits per heavy atom. The Bertz CT molecular complexity index is 2780. The summed E-state index contributed by atoms with van der Waals surface area (Å²) < 4.78 is 17.6. The number of halogens is 1. The molecule has 0 radical (unpaired) electrons. The summed E-state index contributed by atoms with van der Waals surface area (Å²) in [6.45, 7) is 14.6. The number of piperazine rings is 1. The third kappa shape index (κ3) is 7.29. The smallest absolute Gasteiger partial charge is 0.278 e. The first-order chi connectivity index (χ1) is 28.4. The Balaban J connectivity index is 0.863. The number of fused-ring (bicyclic) bond motifs is 1. The molecule has 1 atom stereocenters. The summed E-state index contributed by atoms with van der Waals surface area (Å²) in [4.78, 5) is 35.6. The molecule has 1 unspecified atom stereocenters. The zero-order valence-electron chi connectivity index (χ0n) is 33.3. The lowest BCUT2D eigenvalue weighted by Crippen LogP contribution is -2.45. The molecule has 0 bridgehead atoms. The summed E-state index contributed by atoms with van der Waals surface area (Å²) in [6.07, 6.45) is 3.00. The van der Waals surface area contributed by atoms with Gasteiger partial charge in [-0.15, -0.1) is 6.58 Å². The SMILES string of the molecule is C=CCn1c(=O)c2cnc(Nc3ccc(N4CCN(Cc5ccc(-c6[nH]c7cc(F)cc8c7c6CCNC8O)c(C)c5)CC4)cc3)nc2n1-c1cccc(C(C)(C)O)n1. The monoisotopic (exact) mass is 794 g/mol. The van der Waals surface area contributed by atoms with Gasteiger partial charge in [0.05, 0.1) is 17.9 Å². The number of hydrogen-bond acceptors (Lipinski definition) is 10. The second-order valence-electron chi connectivity index (χ2n) is 15.9. The number of pyridine rings is 1. The molecule has 0 saturated carbocycles. The van der Waals surface area contributed by atoms with Gasteiger partial charge in [-0.05, 0) is 92.4 Å². The minimum absolute atomic E-state index is 0.236. The number of H-pyrrole nitrogens is 1. The van der Waals surface area contributed by atoms with Crippen LogP contribution >= 0.6 is 0 Å². The van der Waals surface area contributed by atoms with Gasteiger partial charge < -0.3 is 25.4 Å². The fourth-order valence-corrected chi connectivity index (χ4v) is 8.44. The van der Waals surface area contributed by atoms with Crippen LogP contribution in [0.2, 0.25) is 0 Å². The maximum Gasteiger partial charge on any atom is 0.278 e. The molecule has 13 nitrogen and oxygen atoms in total. The molecular weight excluding hydrogens is 748 g/mol. The summed E-state index contributed by atoms with van der Waals surface area (Å²) >= 11 is 0. The standard InChI is InChI=1S/C45H47FN10O3/c1-5-17-55-43(58)35-25-48-44(52-41(35)56(55)38-8-6-7-37(51-38)45(3,4)59)49-30-10-12-31(13-11-30)54-20-18-53(19-21-54)26-28-9-14-32(27(2)22-28)40-33-15-16-47-42(57)34-23-29(46)24-36(50-40)39(33)34/h5-14,22-25,42,47,50,57,59H,1,15-21,26H2,2-4H3,(H,48,49,52). The lowest BCUT2D eigenvalue weighted by molar-refractivity contribution is 0.0738. The number of aliphatic hydroxyl groups is 2. The van der Waals surface area contributed by atoms with E-state index < -0.39 is 11.8 Å². The average Bonchev–Trinajstić information content (AvgIpc) is 3.64. The van der Waals surface area contributed by atoms with Crippen molar-refractivity contribution in [3.63, 3.8) is 0 Å². The molecule has 5 N–H and O–H groups in total. The Labute approximate surface area is 340 Å². The highest BCUT2D eigenvalue weighted by Crippen LogP contribution is 2.38. The van der Waals surface area contributed by atoms with Crippen LogP contribution in [0.1, 0.15) is 48.0 Å². The van der Waals surface area contributed by atoms with Gasteiger partial charge in [0.1, 0.15) is 23.0 Å². The van der Waals surface area contributed by atoms with E-state index in [9.17, 15) is 19.4 Å². The molecule has 9 rings (SSSR count). The molecule has 59 heavy (non-hydrogen) atoms. The molecule has 0 spiro atoms. The summed E-state index contributed by atoms with van der Waals surface area (Å²) in [5.41, 5.74) is 8.22. The van der Waals surface area contributed by atoms with Gasteiger partial charge in [-0.3, -0.25) is 15.0 Å². The van der Waals surface area contributed by atoms with Crippen LogP contribution in [0.25, 0.3) is 39.0 Å². The molecular formula is C45H47FN10O3. The molecule has 7 aromatic rings. The number of hydrogen-bond donors (Lipinski definition) is 5. The third-order valence-corrected chi connectivity index (χ3v) is 11.4. The minimum atomic E-state index is -1.17. The molecule has 2 aliphatic rings. The molecule has 6 heterocycles. The molecule has 14 heteroatoms. The van der Waals surface area contributed by atoms with Gasteiger partial charge in [0, 0.05) is 78.9 Å². The van der Waals surface area contributed by atoms with Crippen molar-refractivity contribution in [1.29, 1.82) is 0 Å². The Morgan fingerprint density at radius 3 is 2.58 bits per heavy atom. The predicted molar refractivity (Wildman–Crippen MR) is 229 cm³/mol. The second-order valence-corrected chi connectivity index (χ2v) is 15.9. The van der Waals surface area contributed by atoms with Crippen LogP contribution in [0, 0.1) is 12.7 Å². The van der Waals surface area contributed by atoms with E-state index in [4.69, 9.17) is 4.98 Å². The van der Waals surface area contributed by atoms with Crippen LogP contribution in [-0.2, 0) is 25.1 Å². The van der Waals surface area contributed by atoms with E-state index in [1.54, 1.807) is 42.8 Å². The van der Waals surface area contributed by atoms with Gasteiger partial charge in [-0.2, -0.15) is 4.98 Å². The van der Waals surface area contributed by atoms with E-state index in [1.807, 2.05) is 12.1 Å². The Hall–Kier alpha value is -6.19. The van der Waals surface area contributed by atoms with Gasteiger partial charge in [-0.25, -0.2) is 23.7 Å². The fraction of sp³-hybridized carbons (Fsp3) is 0.289. The molecule has 0 amide bonds. The van der Waals surface area contributed by atoms with Crippen LogP contribution in [0.15, 0.2) is 96.4 Å². The number of nitrogens with one attached hydrogen (secondary N) is 3. The van der Waals surface area contributed by atoms with Gasteiger partial charge >= 0.3 is 0 Å². The van der Waals surface area contributed by atoms with E-state index in [2.05, 4.69) is 79.2 Å². The van der Waals surface area contributed by atoms with Crippen molar-refractivity contribution in [2.45, 2.75) is 52.1 Å².